The smallest absolute Gasteiger partial charge is 0.416 e. The number of fused-ring (bicyclic) bond motifs is 1. The van der Waals surface area contributed by atoms with Gasteiger partial charge in [-0.2, -0.15) is 13.2 Å². The summed E-state index contributed by atoms with van der Waals surface area (Å²) >= 11 is 0. The van der Waals surface area contributed by atoms with Crippen molar-refractivity contribution in [3.63, 3.8) is 0 Å². The summed E-state index contributed by atoms with van der Waals surface area (Å²) in [7, 11) is 0. The number of benzene rings is 2. The van der Waals surface area contributed by atoms with Gasteiger partial charge in [0, 0.05) is 5.69 Å². The monoisotopic (exact) mass is 336 g/mol. The maximum atomic E-state index is 12.7. The van der Waals surface area contributed by atoms with Gasteiger partial charge < -0.3 is 26.2 Å². The van der Waals surface area contributed by atoms with Gasteiger partial charge in [-0.05, 0) is 30.3 Å². The van der Waals surface area contributed by atoms with Gasteiger partial charge in [0.25, 0.3) is 0 Å². The first-order valence-electron chi connectivity index (χ1n) is 6.77. The summed E-state index contributed by atoms with van der Waals surface area (Å²) in [5, 5.41) is 26.6. The van der Waals surface area contributed by atoms with Gasteiger partial charge in [0.1, 0.15) is 0 Å². The number of aromatic nitrogens is 2. The predicted molar refractivity (Wildman–Crippen MR) is 77.3 cm³/mol. The molecule has 3 rings (SSSR count). The van der Waals surface area contributed by atoms with Gasteiger partial charge in [-0.25, -0.2) is 4.98 Å². The number of rotatable bonds is 3. The summed E-state index contributed by atoms with van der Waals surface area (Å²) in [4.78, 5) is 6.61. The number of halogens is 3. The van der Waals surface area contributed by atoms with Crippen LogP contribution in [0.4, 0.5) is 24.8 Å². The second kappa shape index (κ2) is 5.39. The van der Waals surface area contributed by atoms with Crippen molar-refractivity contribution < 1.29 is 23.4 Å². The fourth-order valence-corrected chi connectivity index (χ4v) is 2.27. The third kappa shape index (κ3) is 3.12. The molecular weight excluding hydrogens is 325 g/mol. The zero-order valence-corrected chi connectivity index (χ0v) is 12.0. The Hall–Kier alpha value is -2.78. The molecule has 0 atom stereocenters. The molecular formula is C15H11F3N4O2-2. The molecule has 126 valence electrons. The summed E-state index contributed by atoms with van der Waals surface area (Å²) in [5.41, 5.74) is 4.94. The normalized spacial score (nSPS) is 12.5. The molecule has 9 heteroatoms. The van der Waals surface area contributed by atoms with Gasteiger partial charge in [0.05, 0.1) is 16.6 Å². The van der Waals surface area contributed by atoms with Crippen molar-refractivity contribution in [2.24, 2.45) is 0 Å². The van der Waals surface area contributed by atoms with E-state index in [1.807, 2.05) is 5.32 Å². The van der Waals surface area contributed by atoms with E-state index in [9.17, 15) is 23.4 Å². The SMILES string of the molecule is Nc1nc2ccc(C([O-])([O-])Nc3cccc(C(F)(F)F)c3)cc2[nH]1. The van der Waals surface area contributed by atoms with E-state index in [0.717, 1.165) is 12.1 Å². The lowest BCUT2D eigenvalue weighted by Crippen LogP contribution is -2.59. The molecule has 0 saturated heterocycles. The first-order valence-corrected chi connectivity index (χ1v) is 6.77. The number of nitrogens with one attached hydrogen (secondary N) is 2. The van der Waals surface area contributed by atoms with Crippen LogP contribution in [0.15, 0.2) is 42.5 Å². The second-order valence-electron chi connectivity index (χ2n) is 5.17. The first kappa shape index (κ1) is 16.1. The Labute approximate surface area is 133 Å². The molecule has 24 heavy (non-hydrogen) atoms. The minimum atomic E-state index is -4.57. The number of alkyl halides is 3. The van der Waals surface area contributed by atoms with Gasteiger partial charge in [-0.15, -0.1) is 5.91 Å². The lowest BCUT2D eigenvalue weighted by molar-refractivity contribution is -0.724. The van der Waals surface area contributed by atoms with E-state index in [-0.39, 0.29) is 17.2 Å². The fraction of sp³-hybridized carbons (Fsp3) is 0.133. The van der Waals surface area contributed by atoms with E-state index in [4.69, 9.17) is 5.73 Å². The van der Waals surface area contributed by atoms with E-state index in [2.05, 4.69) is 9.97 Å². The lowest BCUT2D eigenvalue weighted by atomic mass is 10.1. The average Bonchev–Trinajstić information content (AvgIpc) is 2.85. The molecule has 0 radical (unpaired) electrons. The molecule has 4 N–H and O–H groups in total. The number of nitrogens with two attached hydrogens (primary N) is 1. The van der Waals surface area contributed by atoms with Crippen LogP contribution in [-0.4, -0.2) is 9.97 Å². The van der Waals surface area contributed by atoms with Crippen molar-refractivity contribution >= 4 is 22.7 Å². The van der Waals surface area contributed by atoms with Crippen molar-refractivity contribution in [1.29, 1.82) is 0 Å². The topological polar surface area (TPSA) is 113 Å². The van der Waals surface area contributed by atoms with Crippen molar-refractivity contribution in [3.05, 3.63) is 53.6 Å². The standard InChI is InChI=1S/C15H11F3N4O2/c16-14(17,18)8-2-1-3-10(6-8)22-15(23,24)9-4-5-11-12(7-9)21-13(19)20-11/h1-7,22H,(H3,19,20,21)/q-2. The molecule has 1 heterocycles. The molecule has 6 nitrogen and oxygen atoms in total. The highest BCUT2D eigenvalue weighted by molar-refractivity contribution is 5.78. The van der Waals surface area contributed by atoms with Crippen LogP contribution in [0.5, 0.6) is 0 Å². The van der Waals surface area contributed by atoms with Crippen molar-refractivity contribution in [1.82, 2.24) is 9.97 Å². The van der Waals surface area contributed by atoms with E-state index in [1.165, 1.54) is 24.3 Å². The highest BCUT2D eigenvalue weighted by Crippen LogP contribution is 2.31. The molecule has 0 saturated carbocycles. The Morgan fingerprint density at radius 2 is 1.79 bits per heavy atom. The van der Waals surface area contributed by atoms with Crippen LogP contribution in [0.25, 0.3) is 11.0 Å². The number of aromatic amines is 1. The van der Waals surface area contributed by atoms with Gasteiger partial charge in [-0.1, -0.05) is 17.7 Å². The van der Waals surface area contributed by atoms with Gasteiger partial charge in [0.15, 0.2) is 5.95 Å². The Morgan fingerprint density at radius 3 is 2.50 bits per heavy atom. The van der Waals surface area contributed by atoms with E-state index < -0.39 is 17.7 Å². The Bertz CT molecular complexity index is 890. The Kier molecular flexibility index (Phi) is 3.61. The van der Waals surface area contributed by atoms with Gasteiger partial charge in [0.2, 0.25) is 0 Å². The number of H-pyrrole nitrogens is 1. The Balaban J connectivity index is 1.92. The van der Waals surface area contributed by atoms with Crippen LogP contribution in [-0.2, 0) is 12.1 Å². The molecule has 0 unspecified atom stereocenters. The summed E-state index contributed by atoms with van der Waals surface area (Å²) in [5.74, 6) is -2.96. The largest absolute Gasteiger partial charge is 0.844 e. The number of nitrogens with zero attached hydrogens (tertiary/aromatic N) is 1. The highest BCUT2D eigenvalue weighted by Gasteiger charge is 2.30. The van der Waals surface area contributed by atoms with Crippen LogP contribution in [0.3, 0.4) is 0 Å². The average molecular weight is 336 g/mol. The zero-order valence-electron chi connectivity index (χ0n) is 12.0. The van der Waals surface area contributed by atoms with Crippen molar-refractivity contribution in [3.8, 4) is 0 Å². The van der Waals surface area contributed by atoms with Crippen LogP contribution in [0.2, 0.25) is 0 Å². The summed E-state index contributed by atoms with van der Waals surface area (Å²) in [6, 6.07) is 7.82. The molecule has 2 aromatic carbocycles. The molecule has 0 aliphatic rings. The molecule has 0 spiro atoms. The third-order valence-corrected chi connectivity index (χ3v) is 3.38. The number of imidazole rings is 1. The van der Waals surface area contributed by atoms with E-state index in [0.29, 0.717) is 17.1 Å². The molecule has 0 fully saturated rings. The zero-order chi connectivity index (χ0) is 17.5. The third-order valence-electron chi connectivity index (χ3n) is 3.38. The summed E-state index contributed by atoms with van der Waals surface area (Å²) in [6.07, 6.45) is -4.57. The second-order valence-corrected chi connectivity index (χ2v) is 5.17. The van der Waals surface area contributed by atoms with Gasteiger partial charge in [-0.3, -0.25) is 0 Å². The molecule has 3 aromatic rings. The number of hydrogen-bond donors (Lipinski definition) is 3. The number of nitrogen functional groups attached to an aromatic ring is 1. The maximum Gasteiger partial charge on any atom is 0.416 e. The quantitative estimate of drug-likeness (QED) is 0.620. The maximum absolute atomic E-state index is 12.7. The summed E-state index contributed by atoms with van der Waals surface area (Å²) < 4.78 is 38.1. The van der Waals surface area contributed by atoms with Crippen molar-refractivity contribution in [2.75, 3.05) is 11.1 Å². The number of hydrogen-bond acceptors (Lipinski definition) is 5. The Morgan fingerprint density at radius 1 is 1.04 bits per heavy atom. The molecule has 0 aliphatic heterocycles. The predicted octanol–water partition coefficient (Wildman–Crippen LogP) is 1.11. The lowest BCUT2D eigenvalue weighted by Gasteiger charge is -2.50. The minimum Gasteiger partial charge on any atom is -0.844 e. The van der Waals surface area contributed by atoms with E-state index in [1.54, 1.807) is 0 Å². The van der Waals surface area contributed by atoms with E-state index >= 15 is 0 Å². The molecule has 0 aliphatic carbocycles. The van der Waals surface area contributed by atoms with Crippen LogP contribution in [0, 0.1) is 0 Å². The van der Waals surface area contributed by atoms with Crippen LogP contribution in [0.1, 0.15) is 11.1 Å². The van der Waals surface area contributed by atoms with Crippen molar-refractivity contribution in [2.45, 2.75) is 12.1 Å². The fourth-order valence-electron chi connectivity index (χ4n) is 2.27. The van der Waals surface area contributed by atoms with Crippen LogP contribution >= 0.6 is 0 Å². The van der Waals surface area contributed by atoms with Gasteiger partial charge >= 0.3 is 6.18 Å². The van der Waals surface area contributed by atoms with Crippen LogP contribution < -0.4 is 21.3 Å². The minimum absolute atomic E-state index is 0.121. The molecule has 0 bridgehead atoms. The molecule has 1 aromatic heterocycles. The number of anilines is 2. The first-order chi connectivity index (χ1) is 11.1. The summed E-state index contributed by atoms with van der Waals surface area (Å²) in [6.45, 7) is 0. The highest BCUT2D eigenvalue weighted by atomic mass is 19.4. The molecule has 0 amide bonds.